The third-order valence-corrected chi connectivity index (χ3v) is 12.6. The van der Waals surface area contributed by atoms with Crippen LogP contribution in [0, 0.1) is 11.8 Å². The van der Waals surface area contributed by atoms with Gasteiger partial charge in [-0.15, -0.1) is 0 Å². The first-order valence-corrected chi connectivity index (χ1v) is 20.7. The Morgan fingerprint density at radius 3 is 1.71 bits per heavy atom. The average molecular weight is 918 g/mol. The molecule has 0 fully saturated rings. The van der Waals surface area contributed by atoms with Crippen molar-refractivity contribution in [2.24, 2.45) is 11.8 Å². The quantitative estimate of drug-likeness (QED) is 0.0791. The van der Waals surface area contributed by atoms with Gasteiger partial charge in [-0.1, -0.05) is 66.5 Å². The van der Waals surface area contributed by atoms with Gasteiger partial charge in [-0.25, -0.2) is 0 Å². The molecule has 2 atom stereocenters. The van der Waals surface area contributed by atoms with Gasteiger partial charge in [0.15, 0.2) is 0 Å². The Bertz CT molecular complexity index is 1750. The molecule has 2 heterocycles. The number of halogens is 4. The average Bonchev–Trinajstić information content (AvgIpc) is 3.70. The van der Waals surface area contributed by atoms with Gasteiger partial charge in [-0.2, -0.15) is 0 Å². The van der Waals surface area contributed by atoms with E-state index in [0.717, 1.165) is 78.0 Å². The van der Waals surface area contributed by atoms with Crippen LogP contribution in [-0.2, 0) is 9.59 Å². The fourth-order valence-electron chi connectivity index (χ4n) is 6.08. The Morgan fingerprint density at radius 1 is 0.745 bits per heavy atom. The lowest BCUT2D eigenvalue weighted by Crippen LogP contribution is -2.30. The summed E-state index contributed by atoms with van der Waals surface area (Å²) in [6.07, 6.45) is 8.98. The first kappa shape index (κ1) is 43.2. The highest BCUT2D eigenvalue weighted by Crippen LogP contribution is 2.43. The number of fused-ring (bicyclic) bond motifs is 2. The molecule has 0 radical (unpaired) electrons. The van der Waals surface area contributed by atoms with Crippen molar-refractivity contribution in [2.45, 2.75) is 98.8 Å². The largest absolute Gasteiger partial charge is 0.496 e. The zero-order valence-electron chi connectivity index (χ0n) is 31.1. The van der Waals surface area contributed by atoms with Gasteiger partial charge in [-0.3, -0.25) is 9.59 Å². The van der Waals surface area contributed by atoms with Crippen molar-refractivity contribution in [3.05, 3.63) is 54.1 Å². The number of rotatable bonds is 17. The van der Waals surface area contributed by atoms with E-state index in [9.17, 15) is 9.59 Å². The van der Waals surface area contributed by atoms with E-state index in [1.807, 2.05) is 32.3 Å². The van der Waals surface area contributed by atoms with Crippen molar-refractivity contribution in [1.29, 1.82) is 0 Å². The molecule has 0 spiro atoms. The van der Waals surface area contributed by atoms with Crippen molar-refractivity contribution >= 4 is 93.0 Å². The predicted molar refractivity (Wildman–Crippen MR) is 223 cm³/mol. The molecule has 0 saturated heterocycles. The number of aromatic nitrogens is 2. The van der Waals surface area contributed by atoms with Gasteiger partial charge in [-0.05, 0) is 102 Å². The molecular weight excluding hydrogens is 864 g/mol. The SMILES string of the molecule is CCCC(=O)NCC(c1c[nH]c2c(Br)c(Br)c(OC)cc12)C(C)C.CCCCOc1cc2c(C(CNC(=O)CCC)C(C)C)c[nH]c2c(Cl)c1Br. The van der Waals surface area contributed by atoms with Crippen LogP contribution in [0.25, 0.3) is 21.8 Å². The Morgan fingerprint density at radius 2 is 1.24 bits per heavy atom. The first-order chi connectivity index (χ1) is 24.3. The number of aromatic amines is 2. The highest BCUT2D eigenvalue weighted by atomic mass is 79.9. The molecule has 2 aromatic heterocycles. The van der Waals surface area contributed by atoms with Crippen LogP contribution in [0.2, 0.25) is 5.02 Å². The minimum Gasteiger partial charge on any atom is -0.496 e. The van der Waals surface area contributed by atoms with Crippen LogP contribution in [-0.4, -0.2) is 48.6 Å². The second-order valence-electron chi connectivity index (χ2n) is 13.6. The Labute approximate surface area is 333 Å². The lowest BCUT2D eigenvalue weighted by Gasteiger charge is -2.21. The summed E-state index contributed by atoms with van der Waals surface area (Å²) in [5.74, 6) is 2.97. The molecule has 0 bridgehead atoms. The molecule has 4 N–H and O–H groups in total. The number of carbonyl (C=O) groups is 2. The molecular formula is C39H54Br3ClN4O4. The van der Waals surface area contributed by atoms with E-state index in [1.54, 1.807) is 7.11 Å². The molecule has 4 aromatic rings. The summed E-state index contributed by atoms with van der Waals surface area (Å²) in [5, 5.41) is 8.94. The van der Waals surface area contributed by atoms with E-state index >= 15 is 0 Å². The summed E-state index contributed by atoms with van der Waals surface area (Å²) in [6.45, 7) is 16.8. The summed E-state index contributed by atoms with van der Waals surface area (Å²) >= 11 is 17.3. The van der Waals surface area contributed by atoms with Crippen LogP contribution in [0.15, 0.2) is 37.9 Å². The van der Waals surface area contributed by atoms with Crippen molar-refractivity contribution in [1.82, 2.24) is 20.6 Å². The fraction of sp³-hybridized carbons (Fsp3) is 0.538. The van der Waals surface area contributed by atoms with Crippen LogP contribution in [0.5, 0.6) is 11.5 Å². The molecule has 2 aromatic carbocycles. The second-order valence-corrected chi connectivity index (χ2v) is 16.3. The van der Waals surface area contributed by atoms with E-state index in [-0.39, 0.29) is 23.7 Å². The summed E-state index contributed by atoms with van der Waals surface area (Å²) in [5.41, 5.74) is 4.28. The molecule has 2 amide bonds. The number of H-pyrrole nitrogens is 2. The molecule has 0 aliphatic carbocycles. The zero-order valence-corrected chi connectivity index (χ0v) is 36.6. The second kappa shape index (κ2) is 20.9. The van der Waals surface area contributed by atoms with Crippen LogP contribution in [0.3, 0.4) is 0 Å². The van der Waals surface area contributed by atoms with Crippen molar-refractivity contribution < 1.29 is 19.1 Å². The minimum absolute atomic E-state index is 0.104. The summed E-state index contributed by atoms with van der Waals surface area (Å²) in [4.78, 5) is 30.4. The van der Waals surface area contributed by atoms with E-state index in [1.165, 1.54) is 5.56 Å². The first-order valence-electron chi connectivity index (χ1n) is 18.0. The lowest BCUT2D eigenvalue weighted by atomic mass is 9.88. The van der Waals surface area contributed by atoms with Crippen LogP contribution in [0.1, 0.15) is 110 Å². The Kier molecular flexibility index (Phi) is 17.7. The van der Waals surface area contributed by atoms with Gasteiger partial charge in [0.1, 0.15) is 11.5 Å². The Balaban J connectivity index is 0.000000277. The van der Waals surface area contributed by atoms with Crippen molar-refractivity contribution in [3.63, 3.8) is 0 Å². The fourth-order valence-corrected chi connectivity index (χ4v) is 7.75. The standard InChI is InChI=1S/C21H30BrClN2O2.C18H24Br2N2O2/c1-5-7-9-27-17-10-14-16(12-25-21(14)20(23)19(17)22)15(13(3)4)11-24-18(26)8-6-2;1-5-6-15(23)21-8-12(10(2)3)13-9-22-18-11(13)7-14(24-4)16(19)17(18)20/h10,12-13,15,25H,5-9,11H2,1-4H3,(H,24,26);7,9-10,12,22H,5-6,8H2,1-4H3,(H,21,23). The number of carbonyl (C=O) groups excluding carboxylic acids is 2. The molecule has 282 valence electrons. The number of nitrogens with one attached hydrogen (secondary N) is 4. The molecule has 0 saturated carbocycles. The van der Waals surface area contributed by atoms with Crippen LogP contribution < -0.4 is 20.1 Å². The summed E-state index contributed by atoms with van der Waals surface area (Å²) < 4.78 is 14.0. The molecule has 8 nitrogen and oxygen atoms in total. The minimum atomic E-state index is 0.104. The van der Waals surface area contributed by atoms with E-state index in [4.69, 9.17) is 21.1 Å². The third kappa shape index (κ3) is 11.2. The van der Waals surface area contributed by atoms with Gasteiger partial charge in [0.25, 0.3) is 0 Å². The van der Waals surface area contributed by atoms with Crippen LogP contribution >= 0.6 is 59.4 Å². The van der Waals surface area contributed by atoms with Crippen LogP contribution in [0.4, 0.5) is 0 Å². The summed E-state index contributed by atoms with van der Waals surface area (Å²) in [7, 11) is 1.66. The number of ether oxygens (including phenoxy) is 2. The number of methoxy groups -OCH3 is 1. The van der Waals surface area contributed by atoms with E-state index in [2.05, 4.69) is 109 Å². The monoisotopic (exact) mass is 914 g/mol. The van der Waals surface area contributed by atoms with Crippen molar-refractivity contribution in [3.8, 4) is 11.5 Å². The van der Waals surface area contributed by atoms with Gasteiger partial charge in [0, 0.05) is 60.9 Å². The molecule has 4 rings (SSSR count). The topological polar surface area (TPSA) is 108 Å². The maximum Gasteiger partial charge on any atom is 0.220 e. The van der Waals surface area contributed by atoms with E-state index < -0.39 is 0 Å². The number of benzene rings is 2. The normalized spacial score (nSPS) is 12.6. The smallest absolute Gasteiger partial charge is 0.220 e. The number of unbranched alkanes of at least 4 members (excludes halogenated alkanes) is 1. The molecule has 2 unspecified atom stereocenters. The predicted octanol–water partition coefficient (Wildman–Crippen LogP) is 11.8. The van der Waals surface area contributed by atoms with E-state index in [0.29, 0.717) is 49.4 Å². The van der Waals surface area contributed by atoms with Crippen molar-refractivity contribution in [2.75, 3.05) is 26.8 Å². The maximum atomic E-state index is 11.9. The Hall–Kier alpha value is -2.21. The van der Waals surface area contributed by atoms with Gasteiger partial charge in [0.05, 0.1) is 43.2 Å². The van der Waals surface area contributed by atoms with Gasteiger partial charge < -0.3 is 30.1 Å². The zero-order chi connectivity index (χ0) is 37.8. The maximum absolute atomic E-state index is 11.9. The molecule has 12 heteroatoms. The summed E-state index contributed by atoms with van der Waals surface area (Å²) in [6, 6.07) is 4.09. The lowest BCUT2D eigenvalue weighted by molar-refractivity contribution is -0.122. The van der Waals surface area contributed by atoms with Gasteiger partial charge >= 0.3 is 0 Å². The number of hydrogen-bond acceptors (Lipinski definition) is 4. The van der Waals surface area contributed by atoms with Gasteiger partial charge in [0.2, 0.25) is 11.8 Å². The highest BCUT2D eigenvalue weighted by Gasteiger charge is 2.24. The molecule has 0 aliphatic rings. The molecule has 0 aliphatic heterocycles. The number of amides is 2. The highest BCUT2D eigenvalue weighted by molar-refractivity contribution is 9.13. The molecule has 51 heavy (non-hydrogen) atoms. The number of hydrogen-bond donors (Lipinski definition) is 4. The third-order valence-electron chi connectivity index (χ3n) is 9.09.